The largest absolute Gasteiger partial charge is 0.331 e. The van der Waals surface area contributed by atoms with Gasteiger partial charge in [-0.25, -0.2) is 13.4 Å². The highest BCUT2D eigenvalue weighted by Crippen LogP contribution is 2.23. The van der Waals surface area contributed by atoms with Crippen LogP contribution >= 0.6 is 11.3 Å². The van der Waals surface area contributed by atoms with Crippen LogP contribution in [0.2, 0.25) is 0 Å². The number of nitrogens with zero attached hydrogens (tertiary/aromatic N) is 3. The second-order valence-electron chi connectivity index (χ2n) is 6.06. The molecule has 2 aromatic rings. The smallest absolute Gasteiger partial charge is 0.261 e. The first kappa shape index (κ1) is 17.6. The lowest BCUT2D eigenvalue weighted by molar-refractivity contribution is -0.112. The highest BCUT2D eigenvalue weighted by atomic mass is 32.2. The highest BCUT2D eigenvalue weighted by Gasteiger charge is 2.30. The third-order valence-electron chi connectivity index (χ3n) is 4.10. The molecule has 2 aliphatic heterocycles. The van der Waals surface area contributed by atoms with E-state index in [1.807, 2.05) is 30.3 Å². The average Bonchev–Trinajstić information content (AvgIpc) is 3.08. The van der Waals surface area contributed by atoms with Crippen molar-refractivity contribution in [2.75, 3.05) is 17.6 Å². The van der Waals surface area contributed by atoms with E-state index in [1.54, 1.807) is 29.4 Å². The van der Waals surface area contributed by atoms with Crippen LogP contribution < -0.4 is 5.32 Å². The summed E-state index contributed by atoms with van der Waals surface area (Å²) in [6, 6.07) is 9.99. The van der Waals surface area contributed by atoms with E-state index in [4.69, 9.17) is 0 Å². The summed E-state index contributed by atoms with van der Waals surface area (Å²) in [6.45, 7) is 0.279. The minimum atomic E-state index is -3.54. The van der Waals surface area contributed by atoms with Gasteiger partial charge < -0.3 is 4.90 Å². The van der Waals surface area contributed by atoms with Crippen molar-refractivity contribution in [3.8, 4) is 0 Å². The number of carbonyl (C=O) groups is 1. The number of thiazole rings is 1. The van der Waals surface area contributed by atoms with E-state index >= 15 is 0 Å². The summed E-state index contributed by atoms with van der Waals surface area (Å²) < 4.78 is 27.4. The van der Waals surface area contributed by atoms with E-state index in [1.165, 1.54) is 11.3 Å². The molecule has 0 aliphatic carbocycles. The lowest BCUT2D eigenvalue weighted by Gasteiger charge is -2.28. The number of anilines is 1. The number of fused-ring (bicyclic) bond motifs is 1. The van der Waals surface area contributed by atoms with Gasteiger partial charge in [-0.1, -0.05) is 30.3 Å². The van der Waals surface area contributed by atoms with E-state index in [0.717, 1.165) is 16.9 Å². The van der Waals surface area contributed by atoms with Gasteiger partial charge >= 0.3 is 0 Å². The number of sulfonamides is 1. The van der Waals surface area contributed by atoms with E-state index in [-0.39, 0.29) is 23.7 Å². The SMILES string of the molecule is O=C(Nc1ncc(Cc2ccccc2)s1)C1=CC=CN2CCS(=O)(=O)N=C12. The Balaban J connectivity index is 1.50. The molecule has 138 valence electrons. The number of allylic oxidation sites excluding steroid dienone is 2. The second-order valence-corrected chi connectivity index (χ2v) is 8.93. The monoisotopic (exact) mass is 400 g/mol. The molecule has 0 spiro atoms. The van der Waals surface area contributed by atoms with Crippen LogP contribution in [0.15, 0.2) is 64.9 Å². The standard InChI is InChI=1S/C18H16N4O3S2/c23-17(15-7-4-8-22-9-10-27(24,25)21-16(15)22)20-18-19-12-14(26-18)11-13-5-2-1-3-6-13/h1-8,12H,9-11H2,(H,19,20,23). The third kappa shape index (κ3) is 3.99. The first-order valence-corrected chi connectivity index (χ1v) is 10.7. The number of benzene rings is 1. The molecule has 7 nitrogen and oxygen atoms in total. The predicted molar refractivity (Wildman–Crippen MR) is 105 cm³/mol. The zero-order valence-electron chi connectivity index (χ0n) is 14.2. The molecule has 1 aromatic carbocycles. The van der Waals surface area contributed by atoms with Crippen LogP contribution in [0.1, 0.15) is 10.4 Å². The van der Waals surface area contributed by atoms with Crippen molar-refractivity contribution < 1.29 is 13.2 Å². The lowest BCUT2D eigenvalue weighted by atomic mass is 10.1. The number of carbonyl (C=O) groups excluding carboxylic acids is 1. The Morgan fingerprint density at radius 1 is 1.26 bits per heavy atom. The Hall–Kier alpha value is -2.78. The topological polar surface area (TPSA) is 91.7 Å². The lowest BCUT2D eigenvalue weighted by Crippen LogP contribution is -2.40. The van der Waals surface area contributed by atoms with Gasteiger partial charge in [-0.3, -0.25) is 10.1 Å². The molecule has 1 N–H and O–H groups in total. The zero-order valence-corrected chi connectivity index (χ0v) is 15.8. The number of nitrogens with one attached hydrogen (secondary N) is 1. The van der Waals surface area contributed by atoms with Gasteiger partial charge in [0.25, 0.3) is 15.9 Å². The Morgan fingerprint density at radius 2 is 2.07 bits per heavy atom. The number of rotatable bonds is 4. The molecule has 0 radical (unpaired) electrons. The van der Waals surface area contributed by atoms with Gasteiger partial charge in [-0.05, 0) is 17.7 Å². The van der Waals surface area contributed by atoms with Crippen molar-refractivity contribution in [2.24, 2.45) is 4.40 Å². The number of amides is 1. The van der Waals surface area contributed by atoms with Crippen LogP contribution in [-0.2, 0) is 21.2 Å². The molecule has 2 aliphatic rings. The van der Waals surface area contributed by atoms with Gasteiger partial charge in [0.2, 0.25) is 0 Å². The fraction of sp³-hybridized carbons (Fsp3) is 0.167. The Labute approximate surface area is 160 Å². The van der Waals surface area contributed by atoms with Crippen molar-refractivity contribution in [2.45, 2.75) is 6.42 Å². The van der Waals surface area contributed by atoms with Crippen LogP contribution in [0.5, 0.6) is 0 Å². The third-order valence-corrected chi connectivity index (χ3v) is 6.16. The van der Waals surface area contributed by atoms with Gasteiger partial charge in [0.05, 0.1) is 11.3 Å². The maximum Gasteiger partial charge on any atom is 0.261 e. The molecule has 0 unspecified atom stereocenters. The van der Waals surface area contributed by atoms with Crippen LogP contribution in [-0.4, -0.2) is 42.3 Å². The van der Waals surface area contributed by atoms with Gasteiger partial charge in [0.1, 0.15) is 0 Å². The van der Waals surface area contributed by atoms with E-state index in [9.17, 15) is 13.2 Å². The maximum atomic E-state index is 12.7. The zero-order chi connectivity index (χ0) is 18.9. The average molecular weight is 400 g/mol. The van der Waals surface area contributed by atoms with Gasteiger partial charge in [-0.15, -0.1) is 15.7 Å². The van der Waals surface area contributed by atoms with Gasteiger partial charge in [-0.2, -0.15) is 0 Å². The summed E-state index contributed by atoms with van der Waals surface area (Å²) in [5.41, 5.74) is 1.37. The number of aromatic nitrogens is 1. The predicted octanol–water partition coefficient (Wildman–Crippen LogP) is 2.17. The van der Waals surface area contributed by atoms with Crippen molar-refractivity contribution in [1.82, 2.24) is 9.88 Å². The van der Waals surface area contributed by atoms with Crippen molar-refractivity contribution in [1.29, 1.82) is 0 Å². The molecule has 0 saturated heterocycles. The number of hydrogen-bond acceptors (Lipinski definition) is 6. The van der Waals surface area contributed by atoms with Crippen LogP contribution in [0.4, 0.5) is 5.13 Å². The molecule has 1 aromatic heterocycles. The summed E-state index contributed by atoms with van der Waals surface area (Å²) in [5.74, 6) is -0.339. The highest BCUT2D eigenvalue weighted by molar-refractivity contribution is 7.90. The number of hydrogen-bond donors (Lipinski definition) is 1. The molecular formula is C18H16N4O3S2. The van der Waals surface area contributed by atoms with Crippen LogP contribution in [0.3, 0.4) is 0 Å². The normalized spacial score (nSPS) is 17.7. The molecule has 1 amide bonds. The van der Waals surface area contributed by atoms with Crippen molar-refractivity contribution in [3.63, 3.8) is 0 Å². The molecule has 0 bridgehead atoms. The molecule has 3 heterocycles. The maximum absolute atomic E-state index is 12.7. The number of amidine groups is 1. The van der Waals surface area contributed by atoms with Gasteiger partial charge in [0, 0.05) is 30.2 Å². The summed E-state index contributed by atoms with van der Waals surface area (Å²) in [6.07, 6.45) is 7.44. The second kappa shape index (κ2) is 7.09. The van der Waals surface area contributed by atoms with Gasteiger partial charge in [0.15, 0.2) is 11.0 Å². The molecule has 0 atom stereocenters. The molecular weight excluding hydrogens is 384 g/mol. The van der Waals surface area contributed by atoms with Crippen LogP contribution in [0, 0.1) is 0 Å². The summed E-state index contributed by atoms with van der Waals surface area (Å²) in [4.78, 5) is 19.6. The summed E-state index contributed by atoms with van der Waals surface area (Å²) in [5, 5.41) is 3.21. The minimum Gasteiger partial charge on any atom is -0.331 e. The fourth-order valence-electron chi connectivity index (χ4n) is 2.80. The van der Waals surface area contributed by atoms with Crippen LogP contribution in [0.25, 0.3) is 0 Å². The Morgan fingerprint density at radius 3 is 2.89 bits per heavy atom. The molecule has 0 saturated carbocycles. The minimum absolute atomic E-state index is 0.0644. The van der Waals surface area contributed by atoms with E-state index in [2.05, 4.69) is 14.7 Å². The van der Waals surface area contributed by atoms with E-state index < -0.39 is 15.9 Å². The Bertz CT molecular complexity index is 1070. The van der Waals surface area contributed by atoms with Crippen molar-refractivity contribution >= 4 is 38.2 Å². The summed E-state index contributed by atoms with van der Waals surface area (Å²) >= 11 is 1.39. The molecule has 4 rings (SSSR count). The first-order chi connectivity index (χ1) is 13.0. The fourth-order valence-corrected chi connectivity index (χ4v) is 4.63. The molecule has 0 fully saturated rings. The van der Waals surface area contributed by atoms with E-state index in [0.29, 0.717) is 5.13 Å². The summed E-state index contributed by atoms with van der Waals surface area (Å²) in [7, 11) is -3.54. The molecule has 9 heteroatoms. The first-order valence-electron chi connectivity index (χ1n) is 8.28. The molecule has 27 heavy (non-hydrogen) atoms. The quantitative estimate of drug-likeness (QED) is 0.849. The van der Waals surface area contributed by atoms with Crippen molar-refractivity contribution in [3.05, 3.63) is 70.9 Å². The Kier molecular flexibility index (Phi) is 4.63.